The van der Waals surface area contributed by atoms with E-state index in [4.69, 9.17) is 16.3 Å². The molecule has 0 saturated carbocycles. The van der Waals surface area contributed by atoms with Gasteiger partial charge in [0.1, 0.15) is 5.75 Å². The molecule has 88 valence electrons. The van der Waals surface area contributed by atoms with Crippen LogP contribution in [-0.2, 0) is 0 Å². The van der Waals surface area contributed by atoms with Gasteiger partial charge in [0.2, 0.25) is 0 Å². The van der Waals surface area contributed by atoms with Crippen molar-refractivity contribution in [3.63, 3.8) is 0 Å². The zero-order chi connectivity index (χ0) is 11.8. The van der Waals surface area contributed by atoms with E-state index in [1.54, 1.807) is 12.3 Å². The quantitative estimate of drug-likeness (QED) is 0.612. The molecule has 1 aromatic heterocycles. The molecule has 16 heavy (non-hydrogen) atoms. The fourth-order valence-corrected chi connectivity index (χ4v) is 1.44. The molecule has 1 heterocycles. The summed E-state index contributed by atoms with van der Waals surface area (Å²) in [5.74, 6) is 0.959. The molecule has 5 heteroatoms. The van der Waals surface area contributed by atoms with Gasteiger partial charge in [-0.15, -0.1) is 11.6 Å². The first kappa shape index (κ1) is 12.8. The lowest BCUT2D eigenvalue weighted by atomic mass is 10.2. The van der Waals surface area contributed by atoms with Crippen LogP contribution in [-0.4, -0.2) is 30.4 Å². The molecule has 1 rings (SSSR count). The number of hydrogen-bond acceptors (Lipinski definition) is 3. The molecule has 0 spiro atoms. The molecule has 1 amide bonds. The number of amides is 1. The lowest BCUT2D eigenvalue weighted by Crippen LogP contribution is -2.25. The minimum absolute atomic E-state index is 0.145. The Kier molecular flexibility index (Phi) is 5.64. The van der Waals surface area contributed by atoms with Crippen LogP contribution in [0.1, 0.15) is 23.2 Å². The first-order valence-electron chi connectivity index (χ1n) is 5.11. The number of pyridine rings is 1. The zero-order valence-corrected chi connectivity index (χ0v) is 9.96. The highest BCUT2D eigenvalue weighted by Gasteiger charge is 2.10. The van der Waals surface area contributed by atoms with E-state index in [9.17, 15) is 4.79 Å². The Labute approximate surface area is 100.0 Å². The van der Waals surface area contributed by atoms with Crippen LogP contribution >= 0.6 is 11.6 Å². The lowest BCUT2D eigenvalue weighted by molar-refractivity contribution is 0.0950. The fraction of sp³-hybridized carbons (Fsp3) is 0.455. The van der Waals surface area contributed by atoms with E-state index in [1.165, 1.54) is 13.3 Å². The summed E-state index contributed by atoms with van der Waals surface area (Å²) in [4.78, 5) is 15.6. The Morgan fingerprint density at radius 1 is 1.56 bits per heavy atom. The van der Waals surface area contributed by atoms with Gasteiger partial charge in [-0.3, -0.25) is 9.78 Å². The average molecular weight is 243 g/mol. The van der Waals surface area contributed by atoms with Crippen LogP contribution in [0, 0.1) is 0 Å². The Morgan fingerprint density at radius 3 is 3.06 bits per heavy atom. The van der Waals surface area contributed by atoms with Crippen molar-refractivity contribution in [2.45, 2.75) is 12.8 Å². The molecule has 1 aromatic rings. The molecule has 0 saturated heterocycles. The Bertz CT molecular complexity index is 345. The Balaban J connectivity index is 2.52. The van der Waals surface area contributed by atoms with E-state index >= 15 is 0 Å². The minimum Gasteiger partial charge on any atom is -0.494 e. The van der Waals surface area contributed by atoms with E-state index < -0.39 is 0 Å². The largest absolute Gasteiger partial charge is 0.494 e. The predicted molar refractivity (Wildman–Crippen MR) is 63.1 cm³/mol. The molecule has 0 aliphatic heterocycles. The van der Waals surface area contributed by atoms with E-state index in [1.807, 2.05) is 0 Å². The molecular formula is C11H15ClN2O2. The van der Waals surface area contributed by atoms with Crippen molar-refractivity contribution in [1.82, 2.24) is 10.3 Å². The summed E-state index contributed by atoms with van der Waals surface area (Å²) in [6.07, 6.45) is 4.86. The van der Waals surface area contributed by atoms with Crippen LogP contribution in [0.5, 0.6) is 5.75 Å². The van der Waals surface area contributed by atoms with Gasteiger partial charge in [0, 0.05) is 18.6 Å². The standard InChI is InChI=1S/C11H15ClN2O2/c1-16-10-8-13-7-4-9(10)11(15)14-6-3-2-5-12/h4,7-8H,2-3,5-6H2,1H3,(H,14,15). The summed E-state index contributed by atoms with van der Waals surface area (Å²) >= 11 is 5.54. The third kappa shape index (κ3) is 3.70. The Hall–Kier alpha value is -1.29. The summed E-state index contributed by atoms with van der Waals surface area (Å²) in [6, 6.07) is 1.63. The van der Waals surface area contributed by atoms with E-state index in [0.717, 1.165) is 12.8 Å². The number of ether oxygens (including phenoxy) is 1. The Morgan fingerprint density at radius 2 is 2.38 bits per heavy atom. The molecular weight excluding hydrogens is 228 g/mol. The summed E-state index contributed by atoms with van der Waals surface area (Å²) in [5, 5.41) is 2.80. The first-order chi connectivity index (χ1) is 7.79. The summed E-state index contributed by atoms with van der Waals surface area (Å²) in [5.41, 5.74) is 0.503. The van der Waals surface area contributed by atoms with E-state index in [-0.39, 0.29) is 5.91 Å². The van der Waals surface area contributed by atoms with Crippen LogP contribution in [0.2, 0.25) is 0 Å². The van der Waals surface area contributed by atoms with Gasteiger partial charge >= 0.3 is 0 Å². The van der Waals surface area contributed by atoms with Crippen LogP contribution in [0.25, 0.3) is 0 Å². The number of carbonyl (C=O) groups is 1. The number of rotatable bonds is 6. The molecule has 0 unspecified atom stereocenters. The molecule has 0 fully saturated rings. The van der Waals surface area contributed by atoms with Crippen molar-refractivity contribution in [3.8, 4) is 5.75 Å². The second kappa shape index (κ2) is 7.06. The average Bonchev–Trinajstić information content (AvgIpc) is 2.34. The molecule has 0 aromatic carbocycles. The van der Waals surface area contributed by atoms with Gasteiger partial charge < -0.3 is 10.1 Å². The number of aromatic nitrogens is 1. The van der Waals surface area contributed by atoms with E-state index in [0.29, 0.717) is 23.7 Å². The number of nitrogens with one attached hydrogen (secondary N) is 1. The number of hydrogen-bond donors (Lipinski definition) is 1. The van der Waals surface area contributed by atoms with Crippen molar-refractivity contribution in [2.75, 3.05) is 19.5 Å². The number of nitrogens with zero attached hydrogens (tertiary/aromatic N) is 1. The monoisotopic (exact) mass is 242 g/mol. The third-order valence-electron chi connectivity index (χ3n) is 2.10. The molecule has 0 atom stereocenters. The second-order valence-electron chi connectivity index (χ2n) is 3.23. The smallest absolute Gasteiger partial charge is 0.255 e. The van der Waals surface area contributed by atoms with Crippen molar-refractivity contribution < 1.29 is 9.53 Å². The summed E-state index contributed by atoms with van der Waals surface area (Å²) in [6.45, 7) is 0.622. The maximum absolute atomic E-state index is 11.7. The fourth-order valence-electron chi connectivity index (χ4n) is 1.25. The molecule has 1 N–H and O–H groups in total. The SMILES string of the molecule is COc1cnccc1C(=O)NCCCCCl. The lowest BCUT2D eigenvalue weighted by Gasteiger charge is -2.07. The van der Waals surface area contributed by atoms with Crippen LogP contribution in [0.3, 0.4) is 0 Å². The van der Waals surface area contributed by atoms with Crippen molar-refractivity contribution in [2.24, 2.45) is 0 Å². The maximum atomic E-state index is 11.7. The predicted octanol–water partition coefficient (Wildman–Crippen LogP) is 1.84. The van der Waals surface area contributed by atoms with Crippen molar-refractivity contribution >= 4 is 17.5 Å². The zero-order valence-electron chi connectivity index (χ0n) is 9.20. The summed E-state index contributed by atoms with van der Waals surface area (Å²) < 4.78 is 5.05. The molecule has 0 aliphatic rings. The first-order valence-corrected chi connectivity index (χ1v) is 5.65. The van der Waals surface area contributed by atoms with Crippen molar-refractivity contribution in [1.29, 1.82) is 0 Å². The number of unbranched alkanes of at least 4 members (excludes halogenated alkanes) is 1. The molecule has 0 bridgehead atoms. The molecule has 4 nitrogen and oxygen atoms in total. The van der Waals surface area contributed by atoms with Crippen LogP contribution < -0.4 is 10.1 Å². The highest BCUT2D eigenvalue weighted by molar-refractivity contribution is 6.17. The highest BCUT2D eigenvalue weighted by Crippen LogP contribution is 2.14. The topological polar surface area (TPSA) is 51.2 Å². The van der Waals surface area contributed by atoms with Gasteiger partial charge in [-0.1, -0.05) is 0 Å². The van der Waals surface area contributed by atoms with Crippen LogP contribution in [0.4, 0.5) is 0 Å². The van der Waals surface area contributed by atoms with Crippen LogP contribution in [0.15, 0.2) is 18.5 Å². The van der Waals surface area contributed by atoms with E-state index in [2.05, 4.69) is 10.3 Å². The summed E-state index contributed by atoms with van der Waals surface area (Å²) in [7, 11) is 1.52. The number of halogens is 1. The number of alkyl halides is 1. The number of carbonyl (C=O) groups excluding carboxylic acids is 1. The number of methoxy groups -OCH3 is 1. The normalized spacial score (nSPS) is 9.88. The van der Waals surface area contributed by atoms with Gasteiger partial charge in [-0.05, 0) is 18.9 Å². The second-order valence-corrected chi connectivity index (χ2v) is 3.61. The van der Waals surface area contributed by atoms with Gasteiger partial charge in [-0.2, -0.15) is 0 Å². The molecule has 0 aliphatic carbocycles. The molecule has 0 radical (unpaired) electrons. The van der Waals surface area contributed by atoms with Gasteiger partial charge in [0.05, 0.1) is 18.9 Å². The minimum atomic E-state index is -0.145. The van der Waals surface area contributed by atoms with Gasteiger partial charge in [-0.25, -0.2) is 0 Å². The van der Waals surface area contributed by atoms with Gasteiger partial charge in [0.15, 0.2) is 0 Å². The van der Waals surface area contributed by atoms with Crippen molar-refractivity contribution in [3.05, 3.63) is 24.0 Å². The maximum Gasteiger partial charge on any atom is 0.255 e. The highest BCUT2D eigenvalue weighted by atomic mass is 35.5. The third-order valence-corrected chi connectivity index (χ3v) is 2.36. The van der Waals surface area contributed by atoms with Gasteiger partial charge in [0.25, 0.3) is 5.91 Å².